The number of nitrogens with zero attached hydrogens (tertiary/aromatic N) is 2. The van der Waals surface area contributed by atoms with Gasteiger partial charge in [0.1, 0.15) is 0 Å². The van der Waals surface area contributed by atoms with E-state index in [1.807, 2.05) is 14.1 Å². The predicted molar refractivity (Wildman–Crippen MR) is 41.5 cm³/mol. The number of methoxy groups -OCH3 is 1. The molecule has 1 amide bonds. The largest absolute Gasteiger partial charge is 0.453 e. The third-order valence-electron chi connectivity index (χ3n) is 2.03. The lowest BCUT2D eigenvalue weighted by atomic mass is 10.1. The zero-order valence-electron chi connectivity index (χ0n) is 7.20. The first-order valence-electron chi connectivity index (χ1n) is 3.64. The topological polar surface area (TPSA) is 32.8 Å². The summed E-state index contributed by atoms with van der Waals surface area (Å²) in [6, 6.07) is 0.508. The van der Waals surface area contributed by atoms with E-state index in [0.717, 1.165) is 13.1 Å². The molecule has 1 fully saturated rings. The Morgan fingerprint density at radius 3 is 2.45 bits per heavy atom. The average Bonchev–Trinajstić information content (AvgIpc) is 1.83. The highest BCUT2D eigenvalue weighted by atomic mass is 16.5. The summed E-state index contributed by atoms with van der Waals surface area (Å²) in [6.07, 6.45) is -0.219. The van der Waals surface area contributed by atoms with Gasteiger partial charge in [0.05, 0.1) is 7.11 Å². The molecule has 11 heavy (non-hydrogen) atoms. The monoisotopic (exact) mass is 158 g/mol. The van der Waals surface area contributed by atoms with Gasteiger partial charge in [0.15, 0.2) is 0 Å². The molecule has 0 bridgehead atoms. The van der Waals surface area contributed by atoms with Gasteiger partial charge in [-0.05, 0) is 14.1 Å². The van der Waals surface area contributed by atoms with Crippen LogP contribution in [0.2, 0.25) is 0 Å². The number of likely N-dealkylation sites (tertiary alicyclic amines) is 1. The lowest BCUT2D eigenvalue weighted by Crippen LogP contribution is -2.59. The van der Waals surface area contributed by atoms with Crippen LogP contribution in [-0.4, -0.2) is 56.2 Å². The number of likely N-dealkylation sites (N-methyl/N-ethyl adjacent to an activating group) is 1. The fraction of sp³-hybridized carbons (Fsp3) is 0.857. The summed E-state index contributed by atoms with van der Waals surface area (Å²) in [6.45, 7) is 1.58. The quantitative estimate of drug-likeness (QED) is 0.538. The fourth-order valence-corrected chi connectivity index (χ4v) is 1.06. The van der Waals surface area contributed by atoms with Crippen molar-refractivity contribution in [1.29, 1.82) is 0 Å². The van der Waals surface area contributed by atoms with Gasteiger partial charge in [0, 0.05) is 19.1 Å². The Balaban J connectivity index is 2.24. The summed E-state index contributed by atoms with van der Waals surface area (Å²) < 4.78 is 4.55. The van der Waals surface area contributed by atoms with Crippen LogP contribution in [0.15, 0.2) is 0 Å². The van der Waals surface area contributed by atoms with E-state index < -0.39 is 0 Å². The molecule has 4 nitrogen and oxygen atoms in total. The summed E-state index contributed by atoms with van der Waals surface area (Å²) in [5, 5.41) is 0. The Morgan fingerprint density at radius 2 is 2.09 bits per heavy atom. The molecule has 0 aromatic heterocycles. The number of hydrogen-bond donors (Lipinski definition) is 0. The van der Waals surface area contributed by atoms with E-state index in [4.69, 9.17) is 0 Å². The van der Waals surface area contributed by atoms with Gasteiger partial charge in [0.25, 0.3) is 0 Å². The molecule has 0 radical (unpaired) electrons. The second-order valence-corrected chi connectivity index (χ2v) is 2.99. The van der Waals surface area contributed by atoms with Crippen molar-refractivity contribution in [1.82, 2.24) is 9.80 Å². The van der Waals surface area contributed by atoms with Crippen molar-refractivity contribution in [3.05, 3.63) is 0 Å². The average molecular weight is 158 g/mol. The Bertz CT molecular complexity index is 153. The smallest absolute Gasteiger partial charge is 0.409 e. The molecule has 0 atom stereocenters. The minimum atomic E-state index is -0.219. The van der Waals surface area contributed by atoms with E-state index in [1.54, 1.807) is 4.90 Å². The number of carbonyl (C=O) groups excluding carboxylic acids is 1. The van der Waals surface area contributed by atoms with Crippen LogP contribution in [0.1, 0.15) is 0 Å². The number of hydrogen-bond acceptors (Lipinski definition) is 3. The van der Waals surface area contributed by atoms with Gasteiger partial charge in [-0.15, -0.1) is 0 Å². The third-order valence-corrected chi connectivity index (χ3v) is 2.03. The van der Waals surface area contributed by atoms with Gasteiger partial charge >= 0.3 is 6.09 Å². The minimum Gasteiger partial charge on any atom is -0.453 e. The first-order valence-corrected chi connectivity index (χ1v) is 3.64. The highest BCUT2D eigenvalue weighted by molar-refractivity contribution is 5.68. The summed E-state index contributed by atoms with van der Waals surface area (Å²) in [5.74, 6) is 0. The van der Waals surface area contributed by atoms with Gasteiger partial charge < -0.3 is 14.5 Å². The lowest BCUT2D eigenvalue weighted by molar-refractivity contribution is 0.0491. The van der Waals surface area contributed by atoms with Gasteiger partial charge in [-0.1, -0.05) is 0 Å². The molecule has 1 rings (SSSR count). The van der Waals surface area contributed by atoms with Crippen LogP contribution < -0.4 is 0 Å². The van der Waals surface area contributed by atoms with Crippen molar-refractivity contribution < 1.29 is 9.53 Å². The highest BCUT2D eigenvalue weighted by Crippen LogP contribution is 2.12. The second kappa shape index (κ2) is 3.09. The molecule has 0 unspecified atom stereocenters. The Morgan fingerprint density at radius 1 is 1.55 bits per heavy atom. The molecule has 0 aromatic rings. The molecule has 0 aromatic carbocycles. The maximum atomic E-state index is 10.8. The van der Waals surface area contributed by atoms with Crippen molar-refractivity contribution in [3.63, 3.8) is 0 Å². The van der Waals surface area contributed by atoms with E-state index >= 15 is 0 Å². The Labute approximate surface area is 66.7 Å². The number of carbonyl (C=O) groups is 1. The summed E-state index contributed by atoms with van der Waals surface area (Å²) >= 11 is 0. The minimum absolute atomic E-state index is 0.219. The zero-order valence-corrected chi connectivity index (χ0v) is 7.20. The molecule has 1 saturated heterocycles. The first kappa shape index (κ1) is 8.33. The SMILES string of the molecule is COC(=O)N1CC(N(C)C)C1. The molecule has 0 saturated carbocycles. The van der Waals surface area contributed by atoms with Crippen molar-refractivity contribution in [3.8, 4) is 0 Å². The normalized spacial score (nSPS) is 18.4. The van der Waals surface area contributed by atoms with Gasteiger partial charge in [-0.25, -0.2) is 4.79 Å². The molecule has 64 valence electrons. The third kappa shape index (κ3) is 1.63. The molecule has 0 spiro atoms. The van der Waals surface area contributed by atoms with Crippen LogP contribution in [0.3, 0.4) is 0 Å². The van der Waals surface area contributed by atoms with Crippen LogP contribution in [0.25, 0.3) is 0 Å². The van der Waals surface area contributed by atoms with E-state index in [0.29, 0.717) is 6.04 Å². The van der Waals surface area contributed by atoms with Gasteiger partial charge in [-0.3, -0.25) is 0 Å². The molecular weight excluding hydrogens is 144 g/mol. The molecule has 0 N–H and O–H groups in total. The summed E-state index contributed by atoms with van der Waals surface area (Å²) in [7, 11) is 5.43. The Hall–Kier alpha value is -0.770. The summed E-state index contributed by atoms with van der Waals surface area (Å²) in [4.78, 5) is 14.6. The van der Waals surface area contributed by atoms with E-state index in [2.05, 4.69) is 9.64 Å². The predicted octanol–water partition coefficient (Wildman–Crippen LogP) is -0.00140. The molecule has 1 heterocycles. The molecular formula is C7H14N2O2. The highest BCUT2D eigenvalue weighted by Gasteiger charge is 2.32. The van der Waals surface area contributed by atoms with Crippen molar-refractivity contribution in [2.24, 2.45) is 0 Å². The van der Waals surface area contributed by atoms with E-state index in [9.17, 15) is 4.79 Å². The Kier molecular flexibility index (Phi) is 2.34. The number of ether oxygens (including phenoxy) is 1. The fourth-order valence-electron chi connectivity index (χ4n) is 1.06. The van der Waals surface area contributed by atoms with Gasteiger partial charge in [-0.2, -0.15) is 0 Å². The maximum Gasteiger partial charge on any atom is 0.409 e. The summed E-state index contributed by atoms with van der Waals surface area (Å²) in [5.41, 5.74) is 0. The lowest BCUT2D eigenvalue weighted by Gasteiger charge is -2.41. The van der Waals surface area contributed by atoms with E-state index in [1.165, 1.54) is 7.11 Å². The van der Waals surface area contributed by atoms with E-state index in [-0.39, 0.29) is 6.09 Å². The van der Waals surface area contributed by atoms with Crippen LogP contribution in [0.4, 0.5) is 4.79 Å². The van der Waals surface area contributed by atoms with Crippen LogP contribution >= 0.6 is 0 Å². The molecule has 1 aliphatic heterocycles. The molecule has 1 aliphatic rings. The van der Waals surface area contributed by atoms with Crippen molar-refractivity contribution in [2.75, 3.05) is 34.3 Å². The van der Waals surface area contributed by atoms with Gasteiger partial charge in [0.2, 0.25) is 0 Å². The maximum absolute atomic E-state index is 10.8. The van der Waals surface area contributed by atoms with Crippen molar-refractivity contribution in [2.45, 2.75) is 6.04 Å². The number of amides is 1. The molecule has 4 heteroatoms. The van der Waals surface area contributed by atoms with Crippen molar-refractivity contribution >= 4 is 6.09 Å². The first-order chi connectivity index (χ1) is 5.15. The zero-order chi connectivity index (χ0) is 8.43. The van der Waals surface area contributed by atoms with Crippen LogP contribution in [-0.2, 0) is 4.74 Å². The van der Waals surface area contributed by atoms with Crippen LogP contribution in [0.5, 0.6) is 0 Å². The van der Waals surface area contributed by atoms with Crippen LogP contribution in [0, 0.1) is 0 Å². The standard InChI is InChI=1S/C7H14N2O2/c1-8(2)6-4-9(5-6)7(10)11-3/h6H,4-5H2,1-3H3. The molecule has 0 aliphatic carbocycles. The number of rotatable bonds is 1. The second-order valence-electron chi connectivity index (χ2n) is 2.99.